The lowest BCUT2D eigenvalue weighted by Crippen LogP contribution is -2.56. The second-order valence-electron chi connectivity index (χ2n) is 5.81. The number of nitrogens with zero attached hydrogens (tertiary/aromatic N) is 2. The molecule has 2 N–H and O–H groups in total. The summed E-state index contributed by atoms with van der Waals surface area (Å²) in [5.41, 5.74) is 0. The van der Waals surface area contributed by atoms with Gasteiger partial charge in [0.1, 0.15) is 0 Å². The molecule has 0 aromatic rings. The minimum absolute atomic E-state index is 0.0915. The molecule has 0 bridgehead atoms. The van der Waals surface area contributed by atoms with Crippen LogP contribution < -0.4 is 10.6 Å². The monoisotopic (exact) mass is 254 g/mol. The number of hydrogen-bond acceptors (Lipinski definition) is 4. The summed E-state index contributed by atoms with van der Waals surface area (Å²) in [6.07, 6.45) is 2.29. The van der Waals surface area contributed by atoms with E-state index in [1.165, 1.54) is 0 Å². The molecule has 2 fully saturated rings. The van der Waals surface area contributed by atoms with Gasteiger partial charge in [0, 0.05) is 38.3 Å². The summed E-state index contributed by atoms with van der Waals surface area (Å²) >= 11 is 0. The Balaban J connectivity index is 1.70. The molecular weight excluding hydrogens is 228 g/mol. The lowest BCUT2D eigenvalue weighted by atomic mass is 10.1. The molecule has 1 saturated carbocycles. The lowest BCUT2D eigenvalue weighted by molar-refractivity contribution is -0.123. The maximum absolute atomic E-state index is 11.8. The van der Waals surface area contributed by atoms with Crippen molar-refractivity contribution in [2.24, 2.45) is 0 Å². The quantitative estimate of drug-likeness (QED) is 0.694. The fraction of sp³-hybridized carbons (Fsp3) is 0.923. The molecule has 2 rings (SSSR count). The summed E-state index contributed by atoms with van der Waals surface area (Å²) in [7, 11) is 4.32. The summed E-state index contributed by atoms with van der Waals surface area (Å²) in [5.74, 6) is 0.143. The molecule has 18 heavy (non-hydrogen) atoms. The molecule has 1 aliphatic carbocycles. The van der Waals surface area contributed by atoms with Crippen molar-refractivity contribution >= 4 is 5.91 Å². The number of rotatable bonds is 5. The third kappa shape index (κ3) is 3.93. The fourth-order valence-corrected chi connectivity index (χ4v) is 2.28. The largest absolute Gasteiger partial charge is 0.352 e. The highest BCUT2D eigenvalue weighted by Crippen LogP contribution is 2.18. The first kappa shape index (κ1) is 13.8. The number of amides is 1. The molecule has 0 aromatic carbocycles. The molecule has 0 radical (unpaired) electrons. The Morgan fingerprint density at radius 3 is 2.72 bits per heavy atom. The van der Waals surface area contributed by atoms with Crippen molar-refractivity contribution in [1.82, 2.24) is 20.4 Å². The molecule has 0 aromatic heterocycles. The van der Waals surface area contributed by atoms with E-state index in [4.69, 9.17) is 0 Å². The molecule has 2 aliphatic rings. The maximum atomic E-state index is 11.8. The van der Waals surface area contributed by atoms with Crippen LogP contribution >= 0.6 is 0 Å². The minimum atomic E-state index is -0.0915. The number of hydrogen-bond donors (Lipinski definition) is 2. The Morgan fingerprint density at radius 1 is 1.33 bits per heavy atom. The van der Waals surface area contributed by atoms with Gasteiger partial charge in [0.15, 0.2) is 0 Å². The second kappa shape index (κ2) is 5.99. The minimum Gasteiger partial charge on any atom is -0.352 e. The lowest BCUT2D eigenvalue weighted by Gasteiger charge is -2.38. The average Bonchev–Trinajstić information content (AvgIpc) is 3.13. The number of piperazine rings is 1. The Kier molecular flexibility index (Phi) is 4.59. The summed E-state index contributed by atoms with van der Waals surface area (Å²) in [6, 6.07) is 0.858. The summed E-state index contributed by atoms with van der Waals surface area (Å²) in [6.45, 7) is 6.13. The first-order valence-corrected chi connectivity index (χ1v) is 6.99. The molecular formula is C13H26N4O. The van der Waals surface area contributed by atoms with Gasteiger partial charge in [0.05, 0.1) is 6.04 Å². The molecule has 5 nitrogen and oxygen atoms in total. The van der Waals surface area contributed by atoms with Gasteiger partial charge in [-0.3, -0.25) is 9.69 Å². The summed E-state index contributed by atoms with van der Waals surface area (Å²) in [5, 5.41) is 6.39. The Bertz CT molecular complexity index is 293. The molecule has 1 heterocycles. The van der Waals surface area contributed by atoms with Crippen LogP contribution in [0.15, 0.2) is 0 Å². The fourth-order valence-electron chi connectivity index (χ4n) is 2.28. The van der Waals surface area contributed by atoms with Crippen molar-refractivity contribution in [3.05, 3.63) is 0 Å². The van der Waals surface area contributed by atoms with Crippen LogP contribution in [0.25, 0.3) is 0 Å². The van der Waals surface area contributed by atoms with Crippen LogP contribution in [0.5, 0.6) is 0 Å². The Hall–Kier alpha value is -0.650. The van der Waals surface area contributed by atoms with Crippen LogP contribution in [0, 0.1) is 0 Å². The van der Waals surface area contributed by atoms with Gasteiger partial charge >= 0.3 is 0 Å². The van der Waals surface area contributed by atoms with Gasteiger partial charge in [-0.1, -0.05) is 0 Å². The first-order valence-electron chi connectivity index (χ1n) is 6.99. The van der Waals surface area contributed by atoms with Gasteiger partial charge in [0.2, 0.25) is 5.91 Å². The SMILES string of the molecule is CC(NCC1CN(C)CCN1C)C(=O)NC1CC1. The number of likely N-dealkylation sites (N-methyl/N-ethyl adjacent to an activating group) is 2. The number of nitrogens with one attached hydrogen (secondary N) is 2. The normalized spacial score (nSPS) is 28.1. The zero-order valence-corrected chi connectivity index (χ0v) is 11.8. The van der Waals surface area contributed by atoms with Crippen molar-refractivity contribution in [2.45, 2.75) is 37.9 Å². The van der Waals surface area contributed by atoms with Gasteiger partial charge in [0.25, 0.3) is 0 Å². The molecule has 1 saturated heterocycles. The Morgan fingerprint density at radius 2 is 2.06 bits per heavy atom. The predicted molar refractivity (Wildman–Crippen MR) is 72.5 cm³/mol. The highest BCUT2D eigenvalue weighted by atomic mass is 16.2. The van der Waals surface area contributed by atoms with Crippen molar-refractivity contribution in [2.75, 3.05) is 40.3 Å². The number of carbonyl (C=O) groups excluding carboxylic acids is 1. The molecule has 1 aliphatic heterocycles. The molecule has 104 valence electrons. The van der Waals surface area contributed by atoms with Gasteiger partial charge in [-0.2, -0.15) is 0 Å². The van der Waals surface area contributed by atoms with Crippen LogP contribution in [-0.2, 0) is 4.79 Å². The topological polar surface area (TPSA) is 47.6 Å². The van der Waals surface area contributed by atoms with Crippen molar-refractivity contribution in [3.8, 4) is 0 Å². The predicted octanol–water partition coefficient (Wildman–Crippen LogP) is -0.511. The van der Waals surface area contributed by atoms with E-state index in [2.05, 4.69) is 34.5 Å². The van der Waals surface area contributed by atoms with Crippen LogP contribution in [0.4, 0.5) is 0 Å². The van der Waals surface area contributed by atoms with Gasteiger partial charge in [-0.05, 0) is 33.9 Å². The van der Waals surface area contributed by atoms with Crippen molar-refractivity contribution < 1.29 is 4.79 Å². The molecule has 0 spiro atoms. The van der Waals surface area contributed by atoms with E-state index >= 15 is 0 Å². The molecule has 5 heteroatoms. The van der Waals surface area contributed by atoms with Gasteiger partial charge in [-0.25, -0.2) is 0 Å². The van der Waals surface area contributed by atoms with E-state index in [1.807, 2.05) is 6.92 Å². The summed E-state index contributed by atoms with van der Waals surface area (Å²) < 4.78 is 0. The maximum Gasteiger partial charge on any atom is 0.237 e. The smallest absolute Gasteiger partial charge is 0.237 e. The van der Waals surface area contributed by atoms with E-state index in [0.29, 0.717) is 12.1 Å². The third-order valence-corrected chi connectivity index (χ3v) is 3.96. The standard InChI is InChI=1S/C13H26N4O/c1-10(13(18)15-11-4-5-11)14-8-12-9-16(2)6-7-17(12)3/h10-12,14H,4-9H2,1-3H3,(H,15,18). The third-order valence-electron chi connectivity index (χ3n) is 3.96. The second-order valence-corrected chi connectivity index (χ2v) is 5.81. The van der Waals surface area contributed by atoms with E-state index in [9.17, 15) is 4.79 Å². The van der Waals surface area contributed by atoms with Crippen molar-refractivity contribution in [3.63, 3.8) is 0 Å². The number of carbonyl (C=O) groups is 1. The van der Waals surface area contributed by atoms with E-state index in [0.717, 1.165) is 39.0 Å². The molecule has 1 amide bonds. The van der Waals surface area contributed by atoms with Gasteiger partial charge in [-0.15, -0.1) is 0 Å². The average molecular weight is 254 g/mol. The van der Waals surface area contributed by atoms with Crippen molar-refractivity contribution in [1.29, 1.82) is 0 Å². The molecule has 2 atom stereocenters. The summed E-state index contributed by atoms with van der Waals surface area (Å²) in [4.78, 5) is 16.5. The molecule has 2 unspecified atom stereocenters. The van der Waals surface area contributed by atoms with Crippen LogP contribution in [0.2, 0.25) is 0 Å². The Labute approximate surface area is 110 Å². The zero-order valence-electron chi connectivity index (χ0n) is 11.8. The highest BCUT2D eigenvalue weighted by molar-refractivity contribution is 5.81. The van der Waals surface area contributed by atoms with Crippen LogP contribution in [-0.4, -0.2) is 74.1 Å². The van der Waals surface area contributed by atoms with Gasteiger partial charge < -0.3 is 15.5 Å². The van der Waals surface area contributed by atoms with E-state index in [-0.39, 0.29) is 11.9 Å². The van der Waals surface area contributed by atoms with Crippen LogP contribution in [0.3, 0.4) is 0 Å². The van der Waals surface area contributed by atoms with Crippen LogP contribution in [0.1, 0.15) is 19.8 Å². The first-order chi connectivity index (χ1) is 8.56. The van der Waals surface area contributed by atoms with E-state index < -0.39 is 0 Å². The van der Waals surface area contributed by atoms with E-state index in [1.54, 1.807) is 0 Å². The zero-order chi connectivity index (χ0) is 13.1. The highest BCUT2D eigenvalue weighted by Gasteiger charge is 2.27.